The Labute approximate surface area is 189 Å². The lowest BCUT2D eigenvalue weighted by Gasteiger charge is -2.18. The predicted octanol–water partition coefficient (Wildman–Crippen LogP) is 2.64. The number of ether oxygens (including phenoxy) is 2. The molecule has 10 nitrogen and oxygen atoms in total. The van der Waals surface area contributed by atoms with Crippen LogP contribution >= 0.6 is 0 Å². The van der Waals surface area contributed by atoms with E-state index in [1.807, 2.05) is 6.07 Å². The summed E-state index contributed by atoms with van der Waals surface area (Å²) in [7, 11) is 1.43. The summed E-state index contributed by atoms with van der Waals surface area (Å²) in [5.74, 6) is -0.909. The number of nitrogens with one attached hydrogen (secondary N) is 1. The van der Waals surface area contributed by atoms with Crippen molar-refractivity contribution in [3.05, 3.63) is 64.6 Å². The van der Waals surface area contributed by atoms with Crippen LogP contribution in [0, 0.1) is 11.3 Å². The lowest BCUT2D eigenvalue weighted by atomic mass is 10.1. The van der Waals surface area contributed by atoms with E-state index in [0.29, 0.717) is 22.2 Å². The molecule has 4 aromatic rings. The minimum Gasteiger partial charge on any atom is -0.395 e. The molecule has 0 atom stereocenters. The number of aromatic amines is 1. The number of anilines is 1. The molecule has 0 aliphatic carbocycles. The first-order valence-electron chi connectivity index (χ1n) is 9.87. The molecule has 12 heteroatoms. The molecule has 34 heavy (non-hydrogen) atoms. The van der Waals surface area contributed by atoms with Gasteiger partial charge in [0.05, 0.1) is 23.2 Å². The summed E-state index contributed by atoms with van der Waals surface area (Å²) in [5.41, 5.74) is 1.16. The van der Waals surface area contributed by atoms with E-state index in [0.717, 1.165) is 4.68 Å². The van der Waals surface area contributed by atoms with Gasteiger partial charge in [0.15, 0.2) is 11.5 Å². The number of nitrogens with zero attached hydrogens (tertiary/aromatic N) is 5. The Balaban J connectivity index is 1.48. The lowest BCUT2D eigenvalue weighted by Crippen LogP contribution is -2.35. The van der Waals surface area contributed by atoms with E-state index < -0.39 is 24.3 Å². The molecule has 3 heterocycles. The SMILES string of the molecule is CN(C(=O)Cn1nc(-c2cccc(C#N)c2)c2cn[nH]c2c1=O)c1ccc2c(c1)OC(F)(F)O2. The minimum absolute atomic E-state index is 0.146. The van der Waals surface area contributed by atoms with Gasteiger partial charge in [-0.2, -0.15) is 15.5 Å². The average molecular weight is 464 g/mol. The highest BCUT2D eigenvalue weighted by atomic mass is 19.3. The van der Waals surface area contributed by atoms with Crippen LogP contribution in [0.25, 0.3) is 22.2 Å². The minimum atomic E-state index is -3.78. The third-order valence-corrected chi connectivity index (χ3v) is 5.26. The van der Waals surface area contributed by atoms with Crippen LogP contribution in [0.15, 0.2) is 53.5 Å². The first kappa shape index (κ1) is 21.1. The van der Waals surface area contributed by atoms with Gasteiger partial charge >= 0.3 is 6.29 Å². The Morgan fingerprint density at radius 3 is 2.82 bits per heavy atom. The summed E-state index contributed by atoms with van der Waals surface area (Å²) >= 11 is 0. The van der Waals surface area contributed by atoms with Gasteiger partial charge in [-0.25, -0.2) is 4.68 Å². The molecule has 0 unspecified atom stereocenters. The van der Waals surface area contributed by atoms with Gasteiger partial charge in [-0.3, -0.25) is 14.7 Å². The highest BCUT2D eigenvalue weighted by molar-refractivity contribution is 5.94. The van der Waals surface area contributed by atoms with Gasteiger partial charge in [0.25, 0.3) is 5.56 Å². The Bertz CT molecular complexity index is 1560. The van der Waals surface area contributed by atoms with Gasteiger partial charge in [0.2, 0.25) is 5.91 Å². The standard InChI is InChI=1S/C22H14F2N6O4/c1-29(14-5-6-16-17(8-14)34-22(23,24)33-16)18(31)11-30-21(32)20-15(10-26-27-20)19(28-30)13-4-2-3-12(7-13)9-25/h2-8,10H,11H2,1H3,(H,26,27). The molecule has 1 N–H and O–H groups in total. The molecule has 5 rings (SSSR count). The Kier molecular flexibility index (Phi) is 4.75. The van der Waals surface area contributed by atoms with Crippen LogP contribution in [0.1, 0.15) is 5.56 Å². The number of hydrogen-bond acceptors (Lipinski definition) is 7. The van der Waals surface area contributed by atoms with Crippen molar-refractivity contribution in [2.75, 3.05) is 11.9 Å². The molecule has 2 aromatic heterocycles. The number of alkyl halides is 2. The fourth-order valence-corrected chi connectivity index (χ4v) is 3.56. The molecule has 1 aliphatic heterocycles. The smallest absolute Gasteiger partial charge is 0.395 e. The largest absolute Gasteiger partial charge is 0.586 e. The molecule has 1 amide bonds. The maximum atomic E-state index is 13.3. The Morgan fingerprint density at radius 2 is 2.03 bits per heavy atom. The van der Waals surface area contributed by atoms with E-state index in [2.05, 4.69) is 24.8 Å². The predicted molar refractivity (Wildman–Crippen MR) is 114 cm³/mol. The number of benzene rings is 2. The van der Waals surface area contributed by atoms with Crippen molar-refractivity contribution in [1.82, 2.24) is 20.0 Å². The van der Waals surface area contributed by atoms with E-state index in [1.165, 1.54) is 36.3 Å². The number of rotatable bonds is 4. The quantitative estimate of drug-likeness (QED) is 0.492. The number of nitriles is 1. The zero-order valence-electron chi connectivity index (χ0n) is 17.5. The first-order valence-corrected chi connectivity index (χ1v) is 9.87. The summed E-state index contributed by atoms with van der Waals surface area (Å²) in [6.07, 6.45) is -2.34. The fraction of sp³-hybridized carbons (Fsp3) is 0.136. The van der Waals surface area contributed by atoms with Crippen molar-refractivity contribution in [3.63, 3.8) is 0 Å². The van der Waals surface area contributed by atoms with Crippen LogP contribution in [0.4, 0.5) is 14.5 Å². The molecule has 0 radical (unpaired) electrons. The molecule has 1 aliphatic rings. The third kappa shape index (κ3) is 3.58. The van der Waals surface area contributed by atoms with E-state index in [-0.39, 0.29) is 22.7 Å². The second-order valence-electron chi connectivity index (χ2n) is 7.41. The van der Waals surface area contributed by atoms with Crippen molar-refractivity contribution in [2.24, 2.45) is 0 Å². The molecule has 0 bridgehead atoms. The molecule has 170 valence electrons. The number of carbonyl (C=O) groups excluding carboxylic acids is 1. The normalized spacial score (nSPS) is 13.6. The van der Waals surface area contributed by atoms with E-state index >= 15 is 0 Å². The third-order valence-electron chi connectivity index (χ3n) is 5.26. The number of amides is 1. The van der Waals surface area contributed by atoms with Gasteiger partial charge in [-0.05, 0) is 24.3 Å². The Morgan fingerprint density at radius 1 is 1.24 bits per heavy atom. The summed E-state index contributed by atoms with van der Waals surface area (Å²) in [4.78, 5) is 27.0. The van der Waals surface area contributed by atoms with Crippen LogP contribution in [0.2, 0.25) is 0 Å². The summed E-state index contributed by atoms with van der Waals surface area (Å²) < 4.78 is 36.4. The van der Waals surface area contributed by atoms with Crippen LogP contribution in [-0.2, 0) is 11.3 Å². The summed E-state index contributed by atoms with van der Waals surface area (Å²) in [6, 6.07) is 12.6. The van der Waals surface area contributed by atoms with Gasteiger partial charge < -0.3 is 14.4 Å². The summed E-state index contributed by atoms with van der Waals surface area (Å²) in [5, 5.41) is 20.5. The molecular weight excluding hydrogens is 450 g/mol. The topological polar surface area (TPSA) is 126 Å². The van der Waals surface area contributed by atoms with Crippen molar-refractivity contribution < 1.29 is 23.0 Å². The maximum Gasteiger partial charge on any atom is 0.586 e. The maximum absolute atomic E-state index is 13.3. The van der Waals surface area contributed by atoms with Gasteiger partial charge in [0.1, 0.15) is 17.8 Å². The van der Waals surface area contributed by atoms with Crippen molar-refractivity contribution in [3.8, 4) is 28.8 Å². The molecule has 0 saturated heterocycles. The number of likely N-dealkylation sites (N-methyl/N-ethyl adjacent to an activating group) is 1. The summed E-state index contributed by atoms with van der Waals surface area (Å²) in [6.45, 7) is -0.445. The van der Waals surface area contributed by atoms with Gasteiger partial charge in [-0.15, -0.1) is 8.78 Å². The average Bonchev–Trinajstić information content (AvgIpc) is 3.43. The van der Waals surface area contributed by atoms with Gasteiger partial charge in [0, 0.05) is 24.4 Å². The Hall–Kier alpha value is -4.79. The first-order chi connectivity index (χ1) is 16.3. The molecule has 2 aromatic carbocycles. The number of halogens is 2. The van der Waals surface area contributed by atoms with Crippen LogP contribution < -0.4 is 19.9 Å². The lowest BCUT2D eigenvalue weighted by molar-refractivity contribution is -0.286. The van der Waals surface area contributed by atoms with Gasteiger partial charge in [-0.1, -0.05) is 12.1 Å². The number of fused-ring (bicyclic) bond motifs is 2. The highest BCUT2D eigenvalue weighted by Crippen LogP contribution is 2.42. The van der Waals surface area contributed by atoms with Crippen LogP contribution in [-0.4, -0.2) is 39.2 Å². The molecule has 0 fully saturated rings. The van der Waals surface area contributed by atoms with Crippen LogP contribution in [0.3, 0.4) is 0 Å². The number of hydrogen-bond donors (Lipinski definition) is 1. The molecule has 0 saturated carbocycles. The van der Waals surface area contributed by atoms with Crippen molar-refractivity contribution in [2.45, 2.75) is 12.8 Å². The number of H-pyrrole nitrogens is 1. The zero-order valence-corrected chi connectivity index (χ0v) is 17.5. The van der Waals surface area contributed by atoms with Crippen molar-refractivity contribution >= 4 is 22.5 Å². The van der Waals surface area contributed by atoms with E-state index in [1.54, 1.807) is 24.3 Å². The monoisotopic (exact) mass is 464 g/mol. The zero-order chi connectivity index (χ0) is 24.0. The van der Waals surface area contributed by atoms with Crippen molar-refractivity contribution in [1.29, 1.82) is 5.26 Å². The number of carbonyl (C=O) groups is 1. The second kappa shape index (κ2) is 7.66. The van der Waals surface area contributed by atoms with E-state index in [9.17, 15) is 23.6 Å². The molecule has 0 spiro atoms. The number of aromatic nitrogens is 4. The fourth-order valence-electron chi connectivity index (χ4n) is 3.56. The second-order valence-corrected chi connectivity index (χ2v) is 7.41. The molecular formula is C22H14F2N6O4. The van der Waals surface area contributed by atoms with E-state index in [4.69, 9.17) is 0 Å². The highest BCUT2D eigenvalue weighted by Gasteiger charge is 2.43. The van der Waals surface area contributed by atoms with Crippen LogP contribution in [0.5, 0.6) is 11.5 Å².